The molecule has 2 aliphatic rings. The van der Waals surface area contributed by atoms with Crippen molar-refractivity contribution in [3.8, 4) is 0 Å². The molecule has 6 heteroatoms. The quantitative estimate of drug-likeness (QED) is 0.908. The van der Waals surface area contributed by atoms with Crippen molar-refractivity contribution in [2.75, 3.05) is 31.1 Å². The van der Waals surface area contributed by atoms with Crippen LogP contribution in [0.2, 0.25) is 0 Å². The van der Waals surface area contributed by atoms with Crippen LogP contribution >= 0.6 is 11.8 Å². The second-order valence-corrected chi connectivity index (χ2v) is 6.67. The first kappa shape index (κ1) is 13.4. The van der Waals surface area contributed by atoms with Gasteiger partial charge < -0.3 is 15.2 Å². The Bertz CT molecular complexity index is 399. The number of hydrogen-bond donors (Lipinski definition) is 1. The zero-order valence-corrected chi connectivity index (χ0v) is 12.1. The Balaban J connectivity index is 1.58. The Hall–Kier alpha value is -0.590. The lowest BCUT2D eigenvalue weighted by atomic mass is 10.1. The summed E-state index contributed by atoms with van der Waals surface area (Å²) in [6, 6.07) is -0.121. The van der Waals surface area contributed by atoms with Gasteiger partial charge >= 0.3 is 0 Å². The number of likely N-dealkylation sites (tertiary alicyclic amines) is 1. The molecule has 0 amide bonds. The molecule has 2 atom stereocenters. The average Bonchev–Trinajstić information content (AvgIpc) is 3.11. The molecule has 0 aliphatic carbocycles. The molecular formula is C13H22N4OS. The number of rotatable bonds is 4. The van der Waals surface area contributed by atoms with Crippen LogP contribution in [0.25, 0.3) is 0 Å². The highest BCUT2D eigenvalue weighted by molar-refractivity contribution is 7.99. The molecule has 19 heavy (non-hydrogen) atoms. The van der Waals surface area contributed by atoms with E-state index in [0.717, 1.165) is 37.7 Å². The summed E-state index contributed by atoms with van der Waals surface area (Å²) in [7, 11) is 0. The van der Waals surface area contributed by atoms with Crippen LogP contribution in [0.3, 0.4) is 0 Å². The average molecular weight is 282 g/mol. The molecule has 0 spiro atoms. The molecule has 1 aromatic heterocycles. The first-order valence-electron chi connectivity index (χ1n) is 7.22. The van der Waals surface area contributed by atoms with Crippen molar-refractivity contribution in [1.29, 1.82) is 0 Å². The van der Waals surface area contributed by atoms with Crippen molar-refractivity contribution in [2.45, 2.75) is 37.6 Å². The Labute approximate surface area is 118 Å². The minimum atomic E-state index is -0.121. The van der Waals surface area contributed by atoms with E-state index in [2.05, 4.69) is 15.0 Å². The molecule has 0 aromatic carbocycles. The van der Waals surface area contributed by atoms with Gasteiger partial charge in [0, 0.05) is 18.2 Å². The van der Waals surface area contributed by atoms with Crippen molar-refractivity contribution in [1.82, 2.24) is 15.0 Å². The van der Waals surface area contributed by atoms with Gasteiger partial charge in [-0.3, -0.25) is 0 Å². The molecule has 5 nitrogen and oxygen atoms in total. The van der Waals surface area contributed by atoms with Gasteiger partial charge in [0.05, 0.1) is 6.04 Å². The summed E-state index contributed by atoms with van der Waals surface area (Å²) in [5.41, 5.74) is 6.21. The van der Waals surface area contributed by atoms with Crippen molar-refractivity contribution >= 4 is 11.8 Å². The van der Waals surface area contributed by atoms with Crippen LogP contribution in [0.15, 0.2) is 4.52 Å². The standard InChI is InChI=1S/C13H22N4OS/c14-11(8-17-5-2-1-3-6-17)12-15-13(18-16-12)10-4-7-19-9-10/h10-11H,1-9,14H2. The molecule has 2 unspecified atom stereocenters. The second-order valence-electron chi connectivity index (χ2n) is 5.52. The molecule has 1 aromatic rings. The summed E-state index contributed by atoms with van der Waals surface area (Å²) in [6.07, 6.45) is 5.05. The Morgan fingerprint density at radius 3 is 2.95 bits per heavy atom. The fourth-order valence-electron chi connectivity index (χ4n) is 2.79. The molecule has 106 valence electrons. The van der Waals surface area contributed by atoms with Crippen LogP contribution in [0.4, 0.5) is 0 Å². The molecule has 2 fully saturated rings. The Kier molecular flexibility index (Phi) is 4.40. The summed E-state index contributed by atoms with van der Waals surface area (Å²) < 4.78 is 5.39. The molecule has 3 rings (SSSR count). The molecule has 0 saturated carbocycles. The maximum atomic E-state index is 6.21. The highest BCUT2D eigenvalue weighted by Crippen LogP contribution is 2.31. The fourth-order valence-corrected chi connectivity index (χ4v) is 4.01. The lowest BCUT2D eigenvalue weighted by molar-refractivity contribution is 0.213. The number of nitrogens with zero attached hydrogens (tertiary/aromatic N) is 3. The topological polar surface area (TPSA) is 68.2 Å². The van der Waals surface area contributed by atoms with E-state index in [9.17, 15) is 0 Å². The van der Waals surface area contributed by atoms with Gasteiger partial charge in [-0.15, -0.1) is 0 Å². The Morgan fingerprint density at radius 2 is 2.21 bits per heavy atom. The first-order chi connectivity index (χ1) is 9.33. The largest absolute Gasteiger partial charge is 0.339 e. The third-order valence-corrected chi connectivity index (χ3v) is 5.13. The molecule has 0 radical (unpaired) electrons. The number of nitrogens with two attached hydrogens (primary N) is 1. The maximum absolute atomic E-state index is 6.21. The van der Waals surface area contributed by atoms with Crippen LogP contribution in [0, 0.1) is 0 Å². The van der Waals surface area contributed by atoms with Crippen molar-refractivity contribution < 1.29 is 4.52 Å². The molecule has 2 aliphatic heterocycles. The second kappa shape index (κ2) is 6.24. The van der Waals surface area contributed by atoms with Crippen LogP contribution in [0.5, 0.6) is 0 Å². The normalized spacial score (nSPS) is 26.7. The van der Waals surface area contributed by atoms with Gasteiger partial charge in [-0.2, -0.15) is 16.7 Å². The summed E-state index contributed by atoms with van der Waals surface area (Å²) in [6.45, 7) is 3.15. The third-order valence-electron chi connectivity index (χ3n) is 3.97. The van der Waals surface area contributed by atoms with Gasteiger partial charge in [0.15, 0.2) is 5.82 Å². The SMILES string of the molecule is NC(CN1CCCCC1)c1noc(C2CCSC2)n1. The summed E-state index contributed by atoms with van der Waals surface area (Å²) in [5.74, 6) is 4.20. The van der Waals surface area contributed by atoms with Crippen LogP contribution in [-0.4, -0.2) is 46.2 Å². The minimum absolute atomic E-state index is 0.121. The van der Waals surface area contributed by atoms with Gasteiger partial charge in [-0.1, -0.05) is 11.6 Å². The summed E-state index contributed by atoms with van der Waals surface area (Å²) in [4.78, 5) is 6.93. The first-order valence-corrected chi connectivity index (χ1v) is 8.37. The molecule has 0 bridgehead atoms. The Morgan fingerprint density at radius 1 is 1.37 bits per heavy atom. The summed E-state index contributed by atoms with van der Waals surface area (Å²) >= 11 is 1.96. The van der Waals surface area contributed by atoms with Gasteiger partial charge in [0.1, 0.15) is 0 Å². The zero-order chi connectivity index (χ0) is 13.1. The zero-order valence-electron chi connectivity index (χ0n) is 11.3. The maximum Gasteiger partial charge on any atom is 0.230 e. The lowest BCUT2D eigenvalue weighted by Crippen LogP contribution is -2.36. The highest BCUT2D eigenvalue weighted by Gasteiger charge is 2.25. The number of hydrogen-bond acceptors (Lipinski definition) is 6. The van der Waals surface area contributed by atoms with E-state index < -0.39 is 0 Å². The minimum Gasteiger partial charge on any atom is -0.339 e. The fraction of sp³-hybridized carbons (Fsp3) is 0.846. The van der Waals surface area contributed by atoms with Crippen molar-refractivity contribution in [3.63, 3.8) is 0 Å². The molecule has 2 N–H and O–H groups in total. The van der Waals surface area contributed by atoms with E-state index in [-0.39, 0.29) is 6.04 Å². The smallest absolute Gasteiger partial charge is 0.230 e. The van der Waals surface area contributed by atoms with E-state index in [0.29, 0.717) is 11.7 Å². The van der Waals surface area contributed by atoms with Gasteiger partial charge in [0.2, 0.25) is 5.89 Å². The van der Waals surface area contributed by atoms with Gasteiger partial charge in [-0.25, -0.2) is 0 Å². The molecule has 2 saturated heterocycles. The monoisotopic (exact) mass is 282 g/mol. The number of aromatic nitrogens is 2. The number of piperidine rings is 1. The van der Waals surface area contributed by atoms with E-state index >= 15 is 0 Å². The van der Waals surface area contributed by atoms with Gasteiger partial charge in [-0.05, 0) is 38.1 Å². The van der Waals surface area contributed by atoms with Crippen LogP contribution < -0.4 is 5.73 Å². The van der Waals surface area contributed by atoms with Crippen LogP contribution in [0.1, 0.15) is 49.4 Å². The predicted octanol–water partition coefficient (Wildman–Crippen LogP) is 1.78. The van der Waals surface area contributed by atoms with Gasteiger partial charge in [0.25, 0.3) is 0 Å². The van der Waals surface area contributed by atoms with E-state index in [1.807, 2.05) is 11.8 Å². The number of thioether (sulfide) groups is 1. The van der Waals surface area contributed by atoms with E-state index in [1.54, 1.807) is 0 Å². The van der Waals surface area contributed by atoms with E-state index in [1.165, 1.54) is 25.0 Å². The highest BCUT2D eigenvalue weighted by atomic mass is 32.2. The molecule has 3 heterocycles. The third kappa shape index (κ3) is 3.30. The predicted molar refractivity (Wildman–Crippen MR) is 76.2 cm³/mol. The van der Waals surface area contributed by atoms with Crippen molar-refractivity contribution in [2.24, 2.45) is 5.73 Å². The lowest BCUT2D eigenvalue weighted by Gasteiger charge is -2.27. The van der Waals surface area contributed by atoms with Crippen molar-refractivity contribution in [3.05, 3.63) is 11.7 Å². The summed E-state index contributed by atoms with van der Waals surface area (Å²) in [5, 5.41) is 4.08. The van der Waals surface area contributed by atoms with Crippen LogP contribution in [-0.2, 0) is 0 Å². The molecular weight excluding hydrogens is 260 g/mol. The van der Waals surface area contributed by atoms with E-state index in [4.69, 9.17) is 10.3 Å².